The molecule has 0 radical (unpaired) electrons. The minimum atomic E-state index is -0.660. The van der Waals surface area contributed by atoms with Crippen LogP contribution in [0.25, 0.3) is 0 Å². The minimum Gasteiger partial charge on any atom is -0.466 e. The third-order valence-corrected chi connectivity index (χ3v) is 18.2. The van der Waals surface area contributed by atoms with Gasteiger partial charge in [-0.25, -0.2) is 0 Å². The van der Waals surface area contributed by atoms with Crippen molar-refractivity contribution in [1.29, 1.82) is 0 Å². The Balaban J connectivity index is 3.30. The van der Waals surface area contributed by atoms with Crippen LogP contribution in [0.3, 0.4) is 0 Å². The zero-order valence-electron chi connectivity index (χ0n) is 57.2. The van der Waals surface area contributed by atoms with Gasteiger partial charge in [0.15, 0.2) is 0 Å². The van der Waals surface area contributed by atoms with Crippen LogP contribution in [0.4, 0.5) is 0 Å². The predicted molar refractivity (Wildman–Crippen MR) is 370 cm³/mol. The first-order valence-electron chi connectivity index (χ1n) is 38.6. The van der Waals surface area contributed by atoms with E-state index in [1.807, 2.05) is 0 Å². The van der Waals surface area contributed by atoms with Crippen molar-refractivity contribution in [2.75, 3.05) is 13.2 Å². The molecule has 0 heterocycles. The van der Waals surface area contributed by atoms with Crippen LogP contribution in [-0.2, 0) is 14.3 Å². The summed E-state index contributed by atoms with van der Waals surface area (Å²) in [7, 11) is 0. The second kappa shape index (κ2) is 73.8. The number of amides is 1. The van der Waals surface area contributed by atoms with E-state index < -0.39 is 12.1 Å². The van der Waals surface area contributed by atoms with Gasteiger partial charge in [0.1, 0.15) is 0 Å². The normalized spacial score (nSPS) is 12.6. The van der Waals surface area contributed by atoms with Crippen molar-refractivity contribution in [2.45, 2.75) is 450 Å². The molecule has 0 aromatic carbocycles. The Labute approximate surface area is 526 Å². The van der Waals surface area contributed by atoms with Gasteiger partial charge in [-0.3, -0.25) is 9.59 Å². The Kier molecular flexibility index (Phi) is 72.3. The molecule has 0 aliphatic carbocycles. The lowest BCUT2D eigenvalue weighted by molar-refractivity contribution is -0.143. The Morgan fingerprint density at radius 3 is 0.845 bits per heavy atom. The molecule has 1 amide bonds. The maximum absolute atomic E-state index is 12.5. The number of ether oxygens (including phenoxy) is 1. The number of nitrogens with one attached hydrogen (secondary N) is 1. The summed E-state index contributed by atoms with van der Waals surface area (Å²) in [6.07, 6.45) is 94.2. The second-order valence-electron chi connectivity index (χ2n) is 26.7. The van der Waals surface area contributed by atoms with Gasteiger partial charge in [-0.05, 0) is 77.0 Å². The number of unbranched alkanes of at least 4 members (excludes halogenated alkanes) is 58. The largest absolute Gasteiger partial charge is 0.466 e. The van der Waals surface area contributed by atoms with E-state index in [0.29, 0.717) is 25.9 Å². The molecular formula is C78H151NO5. The quantitative estimate of drug-likeness (QED) is 0.0320. The topological polar surface area (TPSA) is 95.9 Å². The van der Waals surface area contributed by atoms with Crippen molar-refractivity contribution in [3.8, 4) is 0 Å². The van der Waals surface area contributed by atoms with Crippen molar-refractivity contribution in [3.05, 3.63) is 24.3 Å². The highest BCUT2D eigenvalue weighted by molar-refractivity contribution is 5.76. The summed E-state index contributed by atoms with van der Waals surface area (Å²) in [5.74, 6) is -0.0129. The van der Waals surface area contributed by atoms with Crippen molar-refractivity contribution in [1.82, 2.24) is 5.32 Å². The van der Waals surface area contributed by atoms with Gasteiger partial charge in [-0.1, -0.05) is 372 Å². The number of carbonyl (C=O) groups is 2. The summed E-state index contributed by atoms with van der Waals surface area (Å²) >= 11 is 0. The van der Waals surface area contributed by atoms with E-state index in [4.69, 9.17) is 4.74 Å². The van der Waals surface area contributed by atoms with Crippen LogP contribution in [0.5, 0.6) is 0 Å². The summed E-state index contributed by atoms with van der Waals surface area (Å²) in [6, 6.07) is -0.537. The lowest BCUT2D eigenvalue weighted by Crippen LogP contribution is -2.45. The SMILES string of the molecule is CCCCCCCCC/C=C\CCCCCCCC(=O)OCCCCCCCCCCCCCCCCCCCC/C=C\CCCCCCCCCCCCCCCCCCCC(=O)NC(CO)C(O)CCCCCCCCCCCCCC. The lowest BCUT2D eigenvalue weighted by atomic mass is 10.0. The number of hydrogen-bond donors (Lipinski definition) is 3. The van der Waals surface area contributed by atoms with E-state index in [1.54, 1.807) is 0 Å². The van der Waals surface area contributed by atoms with Crippen LogP contribution in [0.15, 0.2) is 24.3 Å². The molecule has 6 nitrogen and oxygen atoms in total. The molecule has 6 heteroatoms. The van der Waals surface area contributed by atoms with Crippen LogP contribution in [0.1, 0.15) is 438 Å². The van der Waals surface area contributed by atoms with E-state index >= 15 is 0 Å². The summed E-state index contributed by atoms with van der Waals surface area (Å²) in [6.45, 7) is 4.98. The van der Waals surface area contributed by atoms with E-state index in [2.05, 4.69) is 43.5 Å². The predicted octanol–water partition coefficient (Wildman–Crippen LogP) is 25.3. The van der Waals surface area contributed by atoms with Crippen molar-refractivity contribution >= 4 is 11.9 Å². The summed E-state index contributed by atoms with van der Waals surface area (Å²) < 4.78 is 5.50. The van der Waals surface area contributed by atoms with Gasteiger partial charge in [0, 0.05) is 12.8 Å². The average Bonchev–Trinajstić information content (AvgIpc) is 3.50. The number of esters is 1. The third kappa shape index (κ3) is 69.4. The Morgan fingerprint density at radius 2 is 0.560 bits per heavy atom. The molecule has 3 N–H and O–H groups in total. The van der Waals surface area contributed by atoms with Gasteiger partial charge in [-0.15, -0.1) is 0 Å². The van der Waals surface area contributed by atoms with Gasteiger partial charge in [0.2, 0.25) is 5.91 Å². The van der Waals surface area contributed by atoms with Crippen LogP contribution >= 0.6 is 0 Å². The molecule has 0 aliphatic rings. The first-order valence-corrected chi connectivity index (χ1v) is 38.6. The van der Waals surface area contributed by atoms with E-state index in [0.717, 1.165) is 44.9 Å². The molecule has 0 bridgehead atoms. The summed E-state index contributed by atoms with van der Waals surface area (Å²) in [4.78, 5) is 24.6. The molecule has 0 saturated heterocycles. The first kappa shape index (κ1) is 82.3. The highest BCUT2D eigenvalue weighted by Gasteiger charge is 2.20. The molecule has 84 heavy (non-hydrogen) atoms. The number of aliphatic hydroxyl groups is 2. The van der Waals surface area contributed by atoms with Crippen LogP contribution in [0, 0.1) is 0 Å². The van der Waals surface area contributed by atoms with Crippen LogP contribution in [-0.4, -0.2) is 47.4 Å². The standard InChI is InChI=1S/C78H151NO5/c1-3-5-7-9-11-13-15-17-18-45-48-52-56-60-64-68-72-78(83)84-73-69-65-61-57-53-49-46-43-41-39-37-35-33-31-29-27-25-23-21-19-20-22-24-26-28-30-32-34-36-38-40-42-44-47-51-55-59-63-67-71-77(82)79-75(74-80)76(81)70-66-62-58-54-50-16-14-12-10-8-6-4-2/h18-20,45,75-76,80-81H,3-17,21-44,46-74H2,1-2H3,(H,79,82)/b20-19-,45-18-. The molecule has 0 rings (SSSR count). The Bertz CT molecular complexity index is 1320. The van der Waals surface area contributed by atoms with Crippen LogP contribution in [0.2, 0.25) is 0 Å². The maximum Gasteiger partial charge on any atom is 0.305 e. The Hall–Kier alpha value is -1.66. The van der Waals surface area contributed by atoms with Gasteiger partial charge in [0.05, 0.1) is 25.4 Å². The first-order chi connectivity index (χ1) is 41.5. The monoisotopic (exact) mass is 1180 g/mol. The average molecular weight is 1180 g/mol. The van der Waals surface area contributed by atoms with E-state index in [-0.39, 0.29) is 18.5 Å². The number of hydrogen-bond acceptors (Lipinski definition) is 5. The smallest absolute Gasteiger partial charge is 0.305 e. The summed E-state index contributed by atoms with van der Waals surface area (Å²) in [5, 5.41) is 23.3. The zero-order valence-corrected chi connectivity index (χ0v) is 57.2. The van der Waals surface area contributed by atoms with E-state index in [1.165, 1.54) is 360 Å². The molecule has 0 aromatic rings. The fraction of sp³-hybridized carbons (Fsp3) is 0.923. The van der Waals surface area contributed by atoms with Gasteiger partial charge in [0.25, 0.3) is 0 Å². The number of aliphatic hydroxyl groups excluding tert-OH is 2. The Morgan fingerprint density at radius 1 is 0.321 bits per heavy atom. The molecule has 0 saturated carbocycles. The molecule has 2 unspecified atom stereocenters. The molecular weight excluding hydrogens is 1030 g/mol. The fourth-order valence-electron chi connectivity index (χ4n) is 12.3. The summed E-state index contributed by atoms with van der Waals surface area (Å²) in [5.41, 5.74) is 0. The number of allylic oxidation sites excluding steroid dienone is 4. The molecule has 0 aromatic heterocycles. The second-order valence-corrected chi connectivity index (χ2v) is 26.7. The van der Waals surface area contributed by atoms with Crippen molar-refractivity contribution in [2.24, 2.45) is 0 Å². The zero-order chi connectivity index (χ0) is 60.6. The van der Waals surface area contributed by atoms with E-state index in [9.17, 15) is 19.8 Å². The molecule has 2 atom stereocenters. The number of rotatable bonds is 73. The van der Waals surface area contributed by atoms with Gasteiger partial charge >= 0.3 is 5.97 Å². The molecule has 0 spiro atoms. The molecule has 0 aliphatic heterocycles. The number of carbonyl (C=O) groups excluding carboxylic acids is 2. The minimum absolute atomic E-state index is 0.0158. The van der Waals surface area contributed by atoms with Crippen molar-refractivity contribution in [3.63, 3.8) is 0 Å². The molecule has 498 valence electrons. The maximum atomic E-state index is 12.5. The lowest BCUT2D eigenvalue weighted by Gasteiger charge is -2.22. The van der Waals surface area contributed by atoms with Gasteiger partial charge in [-0.2, -0.15) is 0 Å². The fourth-order valence-corrected chi connectivity index (χ4v) is 12.3. The van der Waals surface area contributed by atoms with Crippen molar-refractivity contribution < 1.29 is 24.5 Å². The van der Waals surface area contributed by atoms with Gasteiger partial charge < -0.3 is 20.3 Å². The highest BCUT2D eigenvalue weighted by atomic mass is 16.5. The third-order valence-electron chi connectivity index (χ3n) is 18.2. The van der Waals surface area contributed by atoms with Crippen LogP contribution < -0.4 is 5.32 Å². The highest BCUT2D eigenvalue weighted by Crippen LogP contribution is 2.20. The molecule has 0 fully saturated rings.